The molecule has 4 aromatic rings. The molecule has 2 aliphatic rings. The van der Waals surface area contributed by atoms with Gasteiger partial charge < -0.3 is 9.80 Å². The molecule has 1 aliphatic heterocycles. The van der Waals surface area contributed by atoms with Gasteiger partial charge in [0.15, 0.2) is 0 Å². The number of hydrogen-bond acceptors (Lipinski definition) is 2. The minimum atomic E-state index is 0.207. The van der Waals surface area contributed by atoms with Gasteiger partial charge in [-0.25, -0.2) is 0 Å². The SMILES string of the molecule is CN(C1=CC=CC2c3c(ccc4ccccc34)N(c3ccccc3)C12)c1ccccc1. The van der Waals surface area contributed by atoms with Crippen LogP contribution in [0.15, 0.2) is 121 Å². The molecule has 4 aromatic carbocycles. The van der Waals surface area contributed by atoms with Crippen LogP contribution in [0, 0.1) is 0 Å². The smallest absolute Gasteiger partial charge is 0.0846 e. The fourth-order valence-corrected chi connectivity index (χ4v) is 5.20. The molecular formula is C29H24N2. The maximum Gasteiger partial charge on any atom is 0.0846 e. The van der Waals surface area contributed by atoms with Crippen molar-refractivity contribution < 1.29 is 0 Å². The molecule has 0 fully saturated rings. The van der Waals surface area contributed by atoms with Crippen LogP contribution in [0.3, 0.4) is 0 Å². The van der Waals surface area contributed by atoms with E-state index in [0.717, 1.165) is 0 Å². The predicted molar refractivity (Wildman–Crippen MR) is 131 cm³/mol. The number of allylic oxidation sites excluding steroid dienone is 2. The molecule has 6 rings (SSSR count). The summed E-state index contributed by atoms with van der Waals surface area (Å²) in [6.45, 7) is 0. The zero-order valence-corrected chi connectivity index (χ0v) is 17.5. The van der Waals surface area contributed by atoms with Crippen LogP contribution in [0.5, 0.6) is 0 Å². The minimum Gasteiger partial charge on any atom is -0.346 e. The lowest BCUT2D eigenvalue weighted by molar-refractivity contribution is 0.686. The van der Waals surface area contributed by atoms with E-state index in [1.165, 1.54) is 39.1 Å². The van der Waals surface area contributed by atoms with Gasteiger partial charge in [-0.3, -0.25) is 0 Å². The first-order valence-electron chi connectivity index (χ1n) is 10.9. The van der Waals surface area contributed by atoms with E-state index in [4.69, 9.17) is 0 Å². The summed E-state index contributed by atoms with van der Waals surface area (Å²) in [6, 6.07) is 35.0. The topological polar surface area (TPSA) is 6.48 Å². The molecule has 0 amide bonds. The normalized spacial score (nSPS) is 19.1. The van der Waals surface area contributed by atoms with Crippen molar-refractivity contribution in [2.45, 2.75) is 12.0 Å². The number of rotatable bonds is 3. The molecule has 2 heteroatoms. The van der Waals surface area contributed by atoms with E-state index in [2.05, 4.69) is 132 Å². The number of hydrogen-bond donors (Lipinski definition) is 0. The van der Waals surface area contributed by atoms with E-state index in [0.29, 0.717) is 5.92 Å². The summed E-state index contributed by atoms with van der Waals surface area (Å²) in [7, 11) is 2.18. The minimum absolute atomic E-state index is 0.207. The fraction of sp³-hybridized carbons (Fsp3) is 0.103. The quantitative estimate of drug-likeness (QED) is 0.364. The van der Waals surface area contributed by atoms with E-state index in [1.54, 1.807) is 0 Å². The van der Waals surface area contributed by atoms with Crippen molar-refractivity contribution in [2.24, 2.45) is 0 Å². The summed E-state index contributed by atoms with van der Waals surface area (Å²) in [5.41, 5.74) is 6.47. The average molecular weight is 401 g/mol. The Morgan fingerprint density at radius 3 is 2.26 bits per heavy atom. The van der Waals surface area contributed by atoms with E-state index in [1.807, 2.05) is 0 Å². The van der Waals surface area contributed by atoms with Crippen molar-refractivity contribution in [3.63, 3.8) is 0 Å². The zero-order valence-electron chi connectivity index (χ0n) is 17.5. The molecule has 0 N–H and O–H groups in total. The molecule has 0 saturated heterocycles. The number of fused-ring (bicyclic) bond motifs is 5. The van der Waals surface area contributed by atoms with Gasteiger partial charge in [0, 0.05) is 35.7 Å². The van der Waals surface area contributed by atoms with Crippen molar-refractivity contribution in [3.05, 3.63) is 127 Å². The largest absolute Gasteiger partial charge is 0.346 e. The Kier molecular flexibility index (Phi) is 4.17. The monoisotopic (exact) mass is 400 g/mol. The number of nitrogens with zero attached hydrogens (tertiary/aromatic N) is 2. The van der Waals surface area contributed by atoms with Crippen molar-refractivity contribution in [2.75, 3.05) is 16.8 Å². The second kappa shape index (κ2) is 7.17. The molecule has 2 nitrogen and oxygen atoms in total. The van der Waals surface area contributed by atoms with E-state index in [-0.39, 0.29) is 6.04 Å². The fourth-order valence-electron chi connectivity index (χ4n) is 5.20. The highest BCUT2D eigenvalue weighted by Crippen LogP contribution is 2.52. The maximum absolute atomic E-state index is 2.53. The highest BCUT2D eigenvalue weighted by molar-refractivity contribution is 5.95. The van der Waals surface area contributed by atoms with Crippen LogP contribution in [-0.2, 0) is 0 Å². The van der Waals surface area contributed by atoms with Crippen molar-refractivity contribution in [1.82, 2.24) is 0 Å². The number of para-hydroxylation sites is 2. The summed E-state index contributed by atoms with van der Waals surface area (Å²) in [5, 5.41) is 2.65. The second-order valence-corrected chi connectivity index (χ2v) is 8.27. The van der Waals surface area contributed by atoms with Crippen LogP contribution in [0.2, 0.25) is 0 Å². The molecule has 0 spiro atoms. The average Bonchev–Trinajstić information content (AvgIpc) is 3.20. The summed E-state index contributed by atoms with van der Waals surface area (Å²) >= 11 is 0. The summed E-state index contributed by atoms with van der Waals surface area (Å²) in [4.78, 5) is 4.87. The number of likely N-dealkylation sites (N-methyl/N-ethyl adjacent to an activating group) is 1. The van der Waals surface area contributed by atoms with Crippen molar-refractivity contribution in [3.8, 4) is 0 Å². The van der Waals surface area contributed by atoms with Gasteiger partial charge in [-0.2, -0.15) is 0 Å². The van der Waals surface area contributed by atoms with Gasteiger partial charge in [-0.15, -0.1) is 0 Å². The van der Waals surface area contributed by atoms with E-state index < -0.39 is 0 Å². The highest BCUT2D eigenvalue weighted by atomic mass is 15.3. The molecule has 0 radical (unpaired) electrons. The molecule has 0 bridgehead atoms. The van der Waals surface area contributed by atoms with Gasteiger partial charge in [0.2, 0.25) is 0 Å². The Bertz CT molecular complexity index is 1300. The first kappa shape index (κ1) is 18.0. The Morgan fingerprint density at radius 2 is 1.45 bits per heavy atom. The first-order chi connectivity index (χ1) is 15.3. The van der Waals surface area contributed by atoms with Crippen LogP contribution >= 0.6 is 0 Å². The molecule has 2 atom stereocenters. The van der Waals surface area contributed by atoms with Crippen LogP contribution in [-0.4, -0.2) is 13.1 Å². The van der Waals surface area contributed by atoms with Crippen LogP contribution < -0.4 is 9.80 Å². The molecule has 0 aromatic heterocycles. The number of anilines is 3. The van der Waals surface area contributed by atoms with Crippen molar-refractivity contribution in [1.29, 1.82) is 0 Å². The number of benzene rings is 4. The maximum atomic E-state index is 2.53. The lowest BCUT2D eigenvalue weighted by atomic mass is 9.86. The highest BCUT2D eigenvalue weighted by Gasteiger charge is 2.43. The lowest BCUT2D eigenvalue weighted by Crippen LogP contribution is -2.39. The molecule has 0 saturated carbocycles. The van der Waals surface area contributed by atoms with E-state index >= 15 is 0 Å². The Balaban J connectivity index is 1.57. The Hall–Kier alpha value is -3.78. The molecule has 31 heavy (non-hydrogen) atoms. The first-order valence-corrected chi connectivity index (χ1v) is 10.9. The summed E-state index contributed by atoms with van der Waals surface area (Å²) < 4.78 is 0. The van der Waals surface area contributed by atoms with Gasteiger partial charge in [-0.05, 0) is 52.7 Å². The Morgan fingerprint density at radius 1 is 0.742 bits per heavy atom. The third-order valence-electron chi connectivity index (χ3n) is 6.61. The molecule has 2 unspecified atom stereocenters. The third-order valence-corrected chi connectivity index (χ3v) is 6.61. The van der Waals surface area contributed by atoms with Crippen LogP contribution in [0.4, 0.5) is 17.1 Å². The third kappa shape index (κ3) is 2.79. The van der Waals surface area contributed by atoms with E-state index in [9.17, 15) is 0 Å². The predicted octanol–water partition coefficient (Wildman–Crippen LogP) is 7.03. The van der Waals surface area contributed by atoms with Crippen LogP contribution in [0.25, 0.3) is 10.8 Å². The van der Waals surface area contributed by atoms with Crippen LogP contribution in [0.1, 0.15) is 11.5 Å². The summed E-state index contributed by atoms with van der Waals surface area (Å²) in [6.07, 6.45) is 6.88. The van der Waals surface area contributed by atoms with Gasteiger partial charge in [0.05, 0.1) is 6.04 Å². The second-order valence-electron chi connectivity index (χ2n) is 8.27. The Labute approximate surface area is 183 Å². The summed E-state index contributed by atoms with van der Waals surface area (Å²) in [5.74, 6) is 0.299. The standard InChI is InChI=1S/C29H24N2/c1-30(22-12-4-2-5-13-22)27-18-10-17-25-28-24-16-9-8-11-21(24)19-20-26(28)31(29(25)27)23-14-6-3-7-15-23/h2-20,25,29H,1H3. The molecular weight excluding hydrogens is 376 g/mol. The van der Waals surface area contributed by atoms with Gasteiger partial charge in [0.25, 0.3) is 0 Å². The van der Waals surface area contributed by atoms with Gasteiger partial charge in [-0.1, -0.05) is 78.9 Å². The molecule has 150 valence electrons. The molecule has 1 heterocycles. The van der Waals surface area contributed by atoms with Gasteiger partial charge in [0.1, 0.15) is 0 Å². The van der Waals surface area contributed by atoms with Gasteiger partial charge >= 0.3 is 0 Å². The molecule has 1 aliphatic carbocycles. The lowest BCUT2D eigenvalue weighted by Gasteiger charge is -2.37. The zero-order chi connectivity index (χ0) is 20.8. The van der Waals surface area contributed by atoms with Crippen molar-refractivity contribution >= 4 is 27.8 Å².